The number of para-hydroxylation sites is 1. The maximum Gasteiger partial charge on any atom is 0.242 e. The Morgan fingerprint density at radius 1 is 0.865 bits per heavy atom. The van der Waals surface area contributed by atoms with Crippen LogP contribution in [0.4, 0.5) is 0 Å². The van der Waals surface area contributed by atoms with Crippen molar-refractivity contribution in [1.29, 1.82) is 0 Å². The van der Waals surface area contributed by atoms with Crippen LogP contribution in [0.25, 0.3) is 0 Å². The number of hydrogen-bond donors (Lipinski definition) is 4. The number of amides is 2. The first-order chi connectivity index (χ1) is 18.1. The highest BCUT2D eigenvalue weighted by atomic mass is 16.5. The molecule has 0 spiro atoms. The number of nitrogens with one attached hydrogen (secondary N) is 3. The number of carbonyl (C=O) groups excluding carboxylic acids is 2. The fourth-order valence-corrected chi connectivity index (χ4v) is 3.92. The van der Waals surface area contributed by atoms with Gasteiger partial charge in [0.05, 0.1) is 13.5 Å². The van der Waals surface area contributed by atoms with E-state index in [1.807, 2.05) is 54.6 Å². The summed E-state index contributed by atoms with van der Waals surface area (Å²) in [6.45, 7) is 4.65. The summed E-state index contributed by atoms with van der Waals surface area (Å²) in [6.07, 6.45) is 5.44. The Bertz CT molecular complexity index is 894. The highest BCUT2D eigenvalue weighted by Crippen LogP contribution is 2.17. The molecule has 0 heterocycles. The smallest absolute Gasteiger partial charge is 0.242 e. The summed E-state index contributed by atoms with van der Waals surface area (Å²) >= 11 is 0. The third-order valence-electron chi connectivity index (χ3n) is 5.94. The third-order valence-corrected chi connectivity index (χ3v) is 5.94. The van der Waals surface area contributed by atoms with Gasteiger partial charge in [0.1, 0.15) is 11.8 Å². The van der Waals surface area contributed by atoms with Crippen LogP contribution in [0.5, 0.6) is 5.75 Å². The van der Waals surface area contributed by atoms with Gasteiger partial charge in [0.15, 0.2) is 0 Å². The number of ether oxygens (including phenoxy) is 2. The number of rotatable bonds is 20. The van der Waals surface area contributed by atoms with Crippen molar-refractivity contribution in [3.05, 3.63) is 65.7 Å². The van der Waals surface area contributed by atoms with E-state index in [1.165, 1.54) is 0 Å². The van der Waals surface area contributed by atoms with Gasteiger partial charge in [-0.2, -0.15) is 0 Å². The van der Waals surface area contributed by atoms with Gasteiger partial charge in [-0.3, -0.25) is 9.59 Å². The topological polar surface area (TPSA) is 115 Å². The molecule has 2 aromatic rings. The molecular formula is C29H44N4O4. The van der Waals surface area contributed by atoms with Gasteiger partial charge in [0, 0.05) is 31.7 Å². The van der Waals surface area contributed by atoms with Gasteiger partial charge in [-0.1, -0.05) is 55.0 Å². The largest absolute Gasteiger partial charge is 0.496 e. The zero-order chi connectivity index (χ0) is 26.6. The predicted molar refractivity (Wildman–Crippen MR) is 148 cm³/mol. The summed E-state index contributed by atoms with van der Waals surface area (Å²) in [7, 11) is 1.58. The molecule has 0 fully saturated rings. The Balaban J connectivity index is 1.71. The molecule has 1 atom stereocenters. The van der Waals surface area contributed by atoms with E-state index in [0.29, 0.717) is 25.3 Å². The molecular weight excluding hydrogens is 468 g/mol. The maximum absolute atomic E-state index is 13.0. The van der Waals surface area contributed by atoms with Gasteiger partial charge < -0.3 is 31.2 Å². The normalized spacial score (nSPS) is 11.6. The second kappa shape index (κ2) is 19.2. The van der Waals surface area contributed by atoms with Gasteiger partial charge in [-0.15, -0.1) is 0 Å². The molecule has 204 valence electrons. The van der Waals surface area contributed by atoms with Crippen molar-refractivity contribution in [3.8, 4) is 5.75 Å². The summed E-state index contributed by atoms with van der Waals surface area (Å²) < 4.78 is 10.8. The van der Waals surface area contributed by atoms with E-state index in [-0.39, 0.29) is 18.2 Å². The number of benzene rings is 2. The minimum absolute atomic E-state index is 0.148. The van der Waals surface area contributed by atoms with E-state index < -0.39 is 6.04 Å². The van der Waals surface area contributed by atoms with Crippen molar-refractivity contribution in [1.82, 2.24) is 16.0 Å². The quantitative estimate of drug-likeness (QED) is 0.203. The highest BCUT2D eigenvalue weighted by molar-refractivity contribution is 5.88. The van der Waals surface area contributed by atoms with Gasteiger partial charge in [-0.25, -0.2) is 0 Å². The van der Waals surface area contributed by atoms with Gasteiger partial charge in [-0.05, 0) is 56.9 Å². The summed E-state index contributed by atoms with van der Waals surface area (Å²) in [5, 5.41) is 9.36. The van der Waals surface area contributed by atoms with E-state index in [0.717, 1.165) is 69.5 Å². The van der Waals surface area contributed by atoms with Crippen LogP contribution in [0, 0.1) is 0 Å². The number of hydrogen-bond acceptors (Lipinski definition) is 6. The zero-order valence-electron chi connectivity index (χ0n) is 22.2. The average molecular weight is 513 g/mol. The molecule has 2 rings (SSSR count). The maximum atomic E-state index is 13.0. The molecule has 37 heavy (non-hydrogen) atoms. The van der Waals surface area contributed by atoms with E-state index in [9.17, 15) is 9.59 Å². The Labute approximate surface area is 221 Å². The van der Waals surface area contributed by atoms with Crippen molar-refractivity contribution in [2.75, 3.05) is 46.5 Å². The van der Waals surface area contributed by atoms with E-state index in [2.05, 4.69) is 16.0 Å². The number of unbranched alkanes of at least 4 members (excludes halogenated alkanes) is 2. The van der Waals surface area contributed by atoms with E-state index in [1.54, 1.807) is 7.11 Å². The first kappa shape index (κ1) is 30.3. The number of methoxy groups -OCH3 is 1. The van der Waals surface area contributed by atoms with Crippen LogP contribution < -0.4 is 26.4 Å². The number of carbonyl (C=O) groups is 2. The standard InChI is InChI=1S/C29H44N4O4/c1-36-27-15-7-6-14-25(27)23-28(34)33-26(22-24-12-4-2-5-13-24)29(35)32-19-9-3-8-17-31-18-11-21-37-20-10-16-30/h2,4-7,12-15,26,31H,3,8-11,16-23,30H2,1H3,(H,32,35)(H,33,34)/t26-/m0/s1. The lowest BCUT2D eigenvalue weighted by molar-refractivity contribution is -0.128. The molecule has 0 aliphatic heterocycles. The molecule has 0 saturated heterocycles. The summed E-state index contributed by atoms with van der Waals surface area (Å²) in [5.74, 6) is 0.286. The monoisotopic (exact) mass is 512 g/mol. The second-order valence-electron chi connectivity index (χ2n) is 9.01. The van der Waals surface area contributed by atoms with Crippen LogP contribution in [0.15, 0.2) is 54.6 Å². The fourth-order valence-electron chi connectivity index (χ4n) is 3.92. The summed E-state index contributed by atoms with van der Waals surface area (Å²) in [4.78, 5) is 25.8. The molecule has 0 aliphatic rings. The lowest BCUT2D eigenvalue weighted by atomic mass is 10.0. The average Bonchev–Trinajstić information content (AvgIpc) is 2.91. The molecule has 2 aromatic carbocycles. The SMILES string of the molecule is COc1ccccc1CC(=O)N[C@@H](Cc1ccccc1)C(=O)NCCCCCNCCCOCCCN. The molecule has 0 unspecified atom stereocenters. The van der Waals surface area contributed by atoms with E-state index in [4.69, 9.17) is 15.2 Å². The Kier molecular flexibility index (Phi) is 15.7. The summed E-state index contributed by atoms with van der Waals surface area (Å²) in [6, 6.07) is 16.5. The minimum atomic E-state index is -0.640. The van der Waals surface area contributed by atoms with Gasteiger partial charge in [0.2, 0.25) is 11.8 Å². The Hall–Kier alpha value is -2.94. The fraction of sp³-hybridized carbons (Fsp3) is 0.517. The van der Waals surface area contributed by atoms with Crippen LogP contribution in [0.1, 0.15) is 43.2 Å². The predicted octanol–water partition coefficient (Wildman–Crippen LogP) is 2.60. The van der Waals surface area contributed by atoms with Crippen molar-refractivity contribution < 1.29 is 19.1 Å². The lowest BCUT2D eigenvalue weighted by Crippen LogP contribution is -2.48. The first-order valence-electron chi connectivity index (χ1n) is 13.4. The van der Waals surface area contributed by atoms with Crippen molar-refractivity contribution in [2.45, 2.75) is 51.0 Å². The Morgan fingerprint density at radius 2 is 1.57 bits per heavy atom. The zero-order valence-corrected chi connectivity index (χ0v) is 22.2. The van der Waals surface area contributed by atoms with Crippen LogP contribution in [-0.2, 0) is 27.2 Å². The van der Waals surface area contributed by atoms with Crippen LogP contribution in [0.2, 0.25) is 0 Å². The van der Waals surface area contributed by atoms with Gasteiger partial charge in [0.25, 0.3) is 0 Å². The molecule has 2 amide bonds. The van der Waals surface area contributed by atoms with Crippen LogP contribution >= 0.6 is 0 Å². The molecule has 8 nitrogen and oxygen atoms in total. The molecule has 5 N–H and O–H groups in total. The third kappa shape index (κ3) is 13.3. The van der Waals surface area contributed by atoms with E-state index >= 15 is 0 Å². The van der Waals surface area contributed by atoms with Gasteiger partial charge >= 0.3 is 0 Å². The second-order valence-corrected chi connectivity index (χ2v) is 9.01. The minimum Gasteiger partial charge on any atom is -0.496 e. The number of nitrogens with two attached hydrogens (primary N) is 1. The summed E-state index contributed by atoms with van der Waals surface area (Å²) in [5.41, 5.74) is 7.22. The van der Waals surface area contributed by atoms with Crippen LogP contribution in [0.3, 0.4) is 0 Å². The van der Waals surface area contributed by atoms with Crippen LogP contribution in [-0.4, -0.2) is 64.4 Å². The van der Waals surface area contributed by atoms with Crippen molar-refractivity contribution in [2.24, 2.45) is 5.73 Å². The highest BCUT2D eigenvalue weighted by Gasteiger charge is 2.21. The molecule has 0 aromatic heterocycles. The molecule has 0 aliphatic carbocycles. The molecule has 0 bridgehead atoms. The molecule has 8 heteroatoms. The van der Waals surface area contributed by atoms with Crippen molar-refractivity contribution >= 4 is 11.8 Å². The first-order valence-corrected chi connectivity index (χ1v) is 13.4. The molecule has 0 radical (unpaired) electrons. The lowest BCUT2D eigenvalue weighted by Gasteiger charge is -2.19. The Morgan fingerprint density at radius 3 is 2.35 bits per heavy atom. The van der Waals surface area contributed by atoms with Crippen molar-refractivity contribution in [3.63, 3.8) is 0 Å². The molecule has 0 saturated carbocycles.